The van der Waals surface area contributed by atoms with Crippen LogP contribution in [-0.4, -0.2) is 15.3 Å². The summed E-state index contributed by atoms with van der Waals surface area (Å²) < 4.78 is 11.0. The molecule has 4 rings (SSSR count). The number of aromatic nitrogens is 2. The Morgan fingerprint density at radius 2 is 1.84 bits per heavy atom. The quantitative estimate of drug-likeness (QED) is 0.416. The number of aryl methyl sites for hydroxylation is 1. The summed E-state index contributed by atoms with van der Waals surface area (Å²) in [6.07, 6.45) is 0.968. The van der Waals surface area contributed by atoms with Crippen molar-refractivity contribution in [1.82, 2.24) is 10.2 Å². The van der Waals surface area contributed by atoms with E-state index in [1.54, 1.807) is 0 Å². The highest BCUT2D eigenvalue weighted by molar-refractivity contribution is 5.93. The summed E-state index contributed by atoms with van der Waals surface area (Å²) in [4.78, 5) is 12.2. The summed E-state index contributed by atoms with van der Waals surface area (Å²) in [5.41, 5.74) is 2.83. The maximum absolute atomic E-state index is 12.2. The molecule has 2 aromatic heterocycles. The summed E-state index contributed by atoms with van der Waals surface area (Å²) in [6, 6.07) is 15.5. The van der Waals surface area contributed by atoms with E-state index >= 15 is 0 Å². The maximum atomic E-state index is 12.2. The average molecular weight is 419 g/mol. The van der Waals surface area contributed by atoms with E-state index in [-0.39, 0.29) is 11.9 Å². The highest BCUT2D eigenvalue weighted by atomic mass is 16.4. The first-order chi connectivity index (χ1) is 14.9. The third-order valence-corrected chi connectivity index (χ3v) is 5.57. The number of benzene rings is 2. The predicted molar refractivity (Wildman–Crippen MR) is 119 cm³/mol. The number of hydrogen-bond donors (Lipinski definition) is 2. The second-order valence-corrected chi connectivity index (χ2v) is 7.68. The number of hydrogen-bond acceptors (Lipinski definition) is 7. The third-order valence-electron chi connectivity index (χ3n) is 5.57. The van der Waals surface area contributed by atoms with Gasteiger partial charge in [-0.25, -0.2) is 4.79 Å². The van der Waals surface area contributed by atoms with Crippen molar-refractivity contribution in [3.63, 3.8) is 0 Å². The first-order valence-electron chi connectivity index (χ1n) is 10.4. The van der Waals surface area contributed by atoms with E-state index < -0.39 is 11.2 Å². The van der Waals surface area contributed by atoms with Crippen LogP contribution in [0.15, 0.2) is 62.2 Å². The summed E-state index contributed by atoms with van der Waals surface area (Å²) in [7, 11) is 0. The standard InChI is InChI=1S/C24H25N3O4/c1-4-24(29,5-2)22-26-27-23(31-22)25-14-16-9-10-18-19(13-21(28)30-20(18)12-16)17-8-6-7-15(3)11-17/h6-13,29H,4-5,14H2,1-3H3,(H,25,27). The Labute approximate surface area is 179 Å². The lowest BCUT2D eigenvalue weighted by Gasteiger charge is -2.19. The molecule has 0 aliphatic carbocycles. The number of aliphatic hydroxyl groups is 1. The van der Waals surface area contributed by atoms with Crippen LogP contribution in [0.3, 0.4) is 0 Å². The zero-order chi connectivity index (χ0) is 22.0. The number of anilines is 1. The van der Waals surface area contributed by atoms with E-state index in [0.717, 1.165) is 27.6 Å². The van der Waals surface area contributed by atoms with Gasteiger partial charge in [0.2, 0.25) is 5.89 Å². The minimum absolute atomic E-state index is 0.201. The van der Waals surface area contributed by atoms with Gasteiger partial charge in [-0.1, -0.05) is 60.9 Å². The van der Waals surface area contributed by atoms with Crippen LogP contribution in [0.25, 0.3) is 22.1 Å². The van der Waals surface area contributed by atoms with Crippen LogP contribution >= 0.6 is 0 Å². The van der Waals surface area contributed by atoms with Gasteiger partial charge in [0.1, 0.15) is 11.2 Å². The van der Waals surface area contributed by atoms with Crippen molar-refractivity contribution < 1.29 is 13.9 Å². The summed E-state index contributed by atoms with van der Waals surface area (Å²) in [5, 5.41) is 22.4. The Balaban J connectivity index is 1.59. The Bertz CT molecular complexity index is 1270. The van der Waals surface area contributed by atoms with Gasteiger partial charge >= 0.3 is 11.6 Å². The molecule has 160 valence electrons. The molecule has 0 saturated heterocycles. The fourth-order valence-electron chi connectivity index (χ4n) is 3.58. The second kappa shape index (κ2) is 8.35. The normalized spacial score (nSPS) is 11.7. The van der Waals surface area contributed by atoms with Crippen LogP contribution in [0.4, 0.5) is 6.01 Å². The van der Waals surface area contributed by atoms with E-state index in [1.165, 1.54) is 6.07 Å². The smallest absolute Gasteiger partial charge is 0.336 e. The molecular formula is C24H25N3O4. The molecule has 0 spiro atoms. The van der Waals surface area contributed by atoms with Gasteiger partial charge in [-0.05, 0) is 42.5 Å². The van der Waals surface area contributed by atoms with Crippen molar-refractivity contribution in [1.29, 1.82) is 0 Å². The van der Waals surface area contributed by atoms with E-state index in [4.69, 9.17) is 8.83 Å². The third kappa shape index (κ3) is 4.22. The van der Waals surface area contributed by atoms with Crippen molar-refractivity contribution in [3.8, 4) is 11.1 Å². The van der Waals surface area contributed by atoms with Crippen LogP contribution < -0.4 is 10.9 Å². The number of nitrogens with one attached hydrogen (secondary N) is 1. The summed E-state index contributed by atoms with van der Waals surface area (Å²) in [5.74, 6) is 0.201. The number of nitrogens with zero attached hydrogens (tertiary/aromatic N) is 2. The van der Waals surface area contributed by atoms with Gasteiger partial charge in [0.05, 0.1) is 0 Å². The van der Waals surface area contributed by atoms with Gasteiger partial charge in [0, 0.05) is 18.0 Å². The molecule has 0 unspecified atom stereocenters. The van der Waals surface area contributed by atoms with Crippen LogP contribution in [0, 0.1) is 6.92 Å². The monoisotopic (exact) mass is 419 g/mol. The SMILES string of the molecule is CCC(O)(CC)c1nnc(NCc2ccc3c(-c4cccc(C)c4)cc(=O)oc3c2)o1. The van der Waals surface area contributed by atoms with Crippen molar-refractivity contribution >= 4 is 17.0 Å². The van der Waals surface area contributed by atoms with Crippen molar-refractivity contribution in [2.75, 3.05) is 5.32 Å². The Morgan fingerprint density at radius 3 is 2.58 bits per heavy atom. The molecule has 31 heavy (non-hydrogen) atoms. The van der Waals surface area contributed by atoms with E-state index in [2.05, 4.69) is 15.5 Å². The average Bonchev–Trinajstić information content (AvgIpc) is 3.26. The molecular weight excluding hydrogens is 394 g/mol. The van der Waals surface area contributed by atoms with Crippen molar-refractivity contribution in [2.45, 2.75) is 45.8 Å². The molecule has 0 amide bonds. The highest BCUT2D eigenvalue weighted by Gasteiger charge is 2.31. The molecule has 0 radical (unpaired) electrons. The number of fused-ring (bicyclic) bond motifs is 1. The molecule has 0 atom stereocenters. The van der Waals surface area contributed by atoms with Gasteiger partial charge in [-0.2, -0.15) is 0 Å². The van der Waals surface area contributed by atoms with Gasteiger partial charge in [0.15, 0.2) is 0 Å². The molecule has 2 N–H and O–H groups in total. The first-order valence-corrected chi connectivity index (χ1v) is 10.4. The minimum atomic E-state index is -1.12. The van der Waals surface area contributed by atoms with Crippen LogP contribution in [0.5, 0.6) is 0 Å². The fourth-order valence-corrected chi connectivity index (χ4v) is 3.58. The minimum Gasteiger partial charge on any atom is -0.423 e. The van der Waals surface area contributed by atoms with E-state index in [9.17, 15) is 9.90 Å². The van der Waals surface area contributed by atoms with Gasteiger partial charge in [0.25, 0.3) is 0 Å². The van der Waals surface area contributed by atoms with Crippen LogP contribution in [-0.2, 0) is 12.1 Å². The molecule has 0 saturated carbocycles. The topological polar surface area (TPSA) is 101 Å². The zero-order valence-corrected chi connectivity index (χ0v) is 17.8. The molecule has 4 aromatic rings. The second-order valence-electron chi connectivity index (χ2n) is 7.68. The van der Waals surface area contributed by atoms with Crippen LogP contribution in [0.1, 0.15) is 43.7 Å². The largest absolute Gasteiger partial charge is 0.423 e. The summed E-state index contributed by atoms with van der Waals surface area (Å²) >= 11 is 0. The lowest BCUT2D eigenvalue weighted by Crippen LogP contribution is -2.23. The van der Waals surface area contributed by atoms with Crippen LogP contribution in [0.2, 0.25) is 0 Å². The molecule has 2 aromatic carbocycles. The van der Waals surface area contributed by atoms with Gasteiger partial charge in [-0.15, -0.1) is 5.10 Å². The molecule has 7 heteroatoms. The highest BCUT2D eigenvalue weighted by Crippen LogP contribution is 2.30. The van der Waals surface area contributed by atoms with E-state index in [1.807, 2.05) is 63.2 Å². The Kier molecular flexibility index (Phi) is 5.61. The molecule has 0 fully saturated rings. The zero-order valence-electron chi connectivity index (χ0n) is 17.8. The molecule has 0 aliphatic heterocycles. The molecule has 0 bridgehead atoms. The predicted octanol–water partition coefficient (Wildman–Crippen LogP) is 4.77. The van der Waals surface area contributed by atoms with E-state index in [0.29, 0.717) is 25.0 Å². The van der Waals surface area contributed by atoms with Gasteiger partial charge in [-0.3, -0.25) is 0 Å². The Morgan fingerprint density at radius 1 is 1.03 bits per heavy atom. The lowest BCUT2D eigenvalue weighted by atomic mass is 9.98. The van der Waals surface area contributed by atoms with Gasteiger partial charge < -0.3 is 19.3 Å². The summed E-state index contributed by atoms with van der Waals surface area (Å²) in [6.45, 7) is 6.15. The molecule has 2 heterocycles. The number of rotatable bonds is 7. The van der Waals surface area contributed by atoms with Crippen molar-refractivity contribution in [3.05, 3.63) is 76.0 Å². The van der Waals surface area contributed by atoms with Crippen molar-refractivity contribution in [2.24, 2.45) is 0 Å². The lowest BCUT2D eigenvalue weighted by molar-refractivity contribution is 0.00206. The molecule has 0 aliphatic rings. The fraction of sp³-hybridized carbons (Fsp3) is 0.292. The Hall–Kier alpha value is -3.45. The first kappa shape index (κ1) is 20.8. The molecule has 7 nitrogen and oxygen atoms in total. The maximum Gasteiger partial charge on any atom is 0.336 e.